The van der Waals surface area contributed by atoms with Crippen LogP contribution in [0.5, 0.6) is 5.75 Å². The minimum absolute atomic E-state index is 0.215. The Morgan fingerprint density at radius 2 is 1.83 bits per heavy atom. The molecule has 0 saturated carbocycles. The van der Waals surface area contributed by atoms with Gasteiger partial charge < -0.3 is 24.5 Å². The van der Waals surface area contributed by atoms with Crippen LogP contribution in [0.2, 0.25) is 0 Å². The van der Waals surface area contributed by atoms with Crippen LogP contribution in [0.25, 0.3) is 10.9 Å². The molecule has 7 nitrogen and oxygen atoms in total. The molecule has 1 heterocycles. The van der Waals surface area contributed by atoms with E-state index >= 15 is 0 Å². The van der Waals surface area contributed by atoms with Gasteiger partial charge in [0.25, 0.3) is 5.91 Å². The highest BCUT2D eigenvalue weighted by Gasteiger charge is 2.14. The monoisotopic (exact) mass is 396 g/mol. The fraction of sp³-hybridized carbons (Fsp3) is 0.273. The highest BCUT2D eigenvalue weighted by Crippen LogP contribution is 2.27. The zero-order chi connectivity index (χ0) is 21.0. The molecule has 1 aromatic heterocycles. The van der Waals surface area contributed by atoms with Crippen molar-refractivity contribution in [1.29, 1.82) is 0 Å². The van der Waals surface area contributed by atoms with Crippen LogP contribution in [-0.4, -0.2) is 41.9 Å². The van der Waals surface area contributed by atoms with Crippen molar-refractivity contribution in [3.63, 3.8) is 0 Å². The lowest BCUT2D eigenvalue weighted by Gasteiger charge is -2.09. The van der Waals surface area contributed by atoms with E-state index in [1.807, 2.05) is 18.2 Å². The lowest BCUT2D eigenvalue weighted by atomic mass is 10.1. The first-order valence-corrected chi connectivity index (χ1v) is 9.25. The largest absolute Gasteiger partial charge is 0.482 e. The molecular weight excluding hydrogens is 372 g/mol. The molecule has 7 heteroatoms. The number of aryl methyl sites for hydroxylation is 1. The summed E-state index contributed by atoms with van der Waals surface area (Å²) in [6, 6.07) is 12.2. The number of rotatable bonds is 8. The van der Waals surface area contributed by atoms with E-state index in [2.05, 4.69) is 23.7 Å². The van der Waals surface area contributed by atoms with Crippen LogP contribution in [0.1, 0.15) is 21.6 Å². The van der Waals surface area contributed by atoms with Crippen LogP contribution in [0.3, 0.4) is 0 Å². The van der Waals surface area contributed by atoms with Gasteiger partial charge in [0, 0.05) is 41.5 Å². The Kier molecular flexibility index (Phi) is 6.19. The Labute approximate surface area is 168 Å². The molecule has 0 atom stereocenters. The summed E-state index contributed by atoms with van der Waals surface area (Å²) in [7, 11) is 1.68. The van der Waals surface area contributed by atoms with E-state index < -0.39 is 12.6 Å². The number of aliphatic carboxylic acids is 1. The van der Waals surface area contributed by atoms with Gasteiger partial charge >= 0.3 is 5.97 Å². The van der Waals surface area contributed by atoms with Crippen molar-refractivity contribution in [3.05, 3.63) is 59.3 Å². The molecule has 0 aliphatic rings. The summed E-state index contributed by atoms with van der Waals surface area (Å²) < 4.78 is 12.5. The first kappa shape index (κ1) is 20.4. The number of carbonyl (C=O) groups excluding carboxylic acids is 1. The first-order valence-electron chi connectivity index (χ1n) is 9.25. The number of carbonyl (C=O) groups is 2. The van der Waals surface area contributed by atoms with Crippen molar-refractivity contribution in [3.8, 4) is 5.75 Å². The summed E-state index contributed by atoms with van der Waals surface area (Å²) >= 11 is 0. The van der Waals surface area contributed by atoms with Crippen LogP contribution >= 0.6 is 0 Å². The molecule has 0 aliphatic heterocycles. The third-order valence-corrected chi connectivity index (χ3v) is 4.89. The topological polar surface area (TPSA) is 89.8 Å². The molecule has 0 saturated heterocycles. The molecule has 2 N–H and O–H groups in total. The van der Waals surface area contributed by atoms with Gasteiger partial charge in [-0.2, -0.15) is 0 Å². The molecular formula is C22H24N2O5. The quantitative estimate of drug-likeness (QED) is 0.607. The Hall–Kier alpha value is -3.32. The standard InChI is InChI=1S/C22H24N2O5/c1-14-15(2)24(10-11-28-3)20-9-4-16(12-19(14)20)22(27)23-17-5-7-18(8-6-17)29-13-21(25)26/h4-9,12H,10-11,13H2,1-3H3,(H,23,27)(H,25,26). The van der Waals surface area contributed by atoms with Gasteiger partial charge in [0.15, 0.2) is 6.61 Å². The maximum absolute atomic E-state index is 12.7. The second kappa shape index (κ2) is 8.79. The lowest BCUT2D eigenvalue weighted by molar-refractivity contribution is -0.139. The number of carboxylic acids is 1. The van der Waals surface area contributed by atoms with Gasteiger partial charge in [0.2, 0.25) is 0 Å². The average molecular weight is 396 g/mol. The van der Waals surface area contributed by atoms with E-state index in [1.54, 1.807) is 31.4 Å². The van der Waals surface area contributed by atoms with Gasteiger partial charge in [-0.3, -0.25) is 4.79 Å². The molecule has 0 unspecified atom stereocenters. The SMILES string of the molecule is COCCn1c(C)c(C)c2cc(C(=O)Nc3ccc(OCC(=O)O)cc3)ccc21. The van der Waals surface area contributed by atoms with E-state index in [0.29, 0.717) is 23.6 Å². The summed E-state index contributed by atoms with van der Waals surface area (Å²) in [6.07, 6.45) is 0. The van der Waals surface area contributed by atoms with Crippen molar-refractivity contribution < 1.29 is 24.2 Å². The molecule has 0 fully saturated rings. The highest BCUT2D eigenvalue weighted by atomic mass is 16.5. The highest BCUT2D eigenvalue weighted by molar-refractivity contribution is 6.06. The summed E-state index contributed by atoms with van der Waals surface area (Å²) in [5, 5.41) is 12.5. The second-order valence-electron chi connectivity index (χ2n) is 6.75. The maximum Gasteiger partial charge on any atom is 0.341 e. The van der Waals surface area contributed by atoms with Crippen LogP contribution in [0.15, 0.2) is 42.5 Å². The number of amides is 1. The van der Waals surface area contributed by atoms with Gasteiger partial charge in [0.1, 0.15) is 5.75 Å². The summed E-state index contributed by atoms with van der Waals surface area (Å²) in [5.41, 5.74) is 4.55. The number of anilines is 1. The van der Waals surface area contributed by atoms with Crippen LogP contribution < -0.4 is 10.1 Å². The van der Waals surface area contributed by atoms with Gasteiger partial charge in [-0.05, 0) is 61.9 Å². The smallest absolute Gasteiger partial charge is 0.341 e. The number of aromatic nitrogens is 1. The Morgan fingerprint density at radius 3 is 2.48 bits per heavy atom. The third kappa shape index (κ3) is 4.57. The molecule has 2 aromatic carbocycles. The molecule has 1 amide bonds. The number of fused-ring (bicyclic) bond motifs is 1. The normalized spacial score (nSPS) is 10.9. The van der Waals surface area contributed by atoms with E-state index in [0.717, 1.165) is 28.7 Å². The fourth-order valence-electron chi connectivity index (χ4n) is 3.24. The van der Waals surface area contributed by atoms with Gasteiger partial charge in [-0.25, -0.2) is 4.79 Å². The Balaban J connectivity index is 1.77. The van der Waals surface area contributed by atoms with E-state index in [1.165, 1.54) is 0 Å². The van der Waals surface area contributed by atoms with E-state index in [9.17, 15) is 9.59 Å². The molecule has 152 valence electrons. The van der Waals surface area contributed by atoms with Gasteiger partial charge in [-0.15, -0.1) is 0 Å². The molecule has 0 aliphatic carbocycles. The van der Waals surface area contributed by atoms with Crippen molar-refractivity contribution in [2.45, 2.75) is 20.4 Å². The minimum atomic E-state index is -1.04. The van der Waals surface area contributed by atoms with E-state index in [4.69, 9.17) is 14.6 Å². The summed E-state index contributed by atoms with van der Waals surface area (Å²) in [5.74, 6) is -0.831. The lowest BCUT2D eigenvalue weighted by Crippen LogP contribution is -2.12. The van der Waals surface area contributed by atoms with Crippen molar-refractivity contribution >= 4 is 28.5 Å². The Morgan fingerprint density at radius 1 is 1.10 bits per heavy atom. The van der Waals surface area contributed by atoms with Crippen molar-refractivity contribution in [1.82, 2.24) is 4.57 Å². The number of hydrogen-bond acceptors (Lipinski definition) is 4. The van der Waals surface area contributed by atoms with Gasteiger partial charge in [-0.1, -0.05) is 0 Å². The fourth-order valence-corrected chi connectivity index (χ4v) is 3.24. The van der Waals surface area contributed by atoms with Crippen LogP contribution in [0, 0.1) is 13.8 Å². The minimum Gasteiger partial charge on any atom is -0.482 e. The second-order valence-corrected chi connectivity index (χ2v) is 6.75. The number of nitrogens with zero attached hydrogens (tertiary/aromatic N) is 1. The molecule has 3 rings (SSSR count). The van der Waals surface area contributed by atoms with Crippen LogP contribution in [-0.2, 0) is 16.1 Å². The molecule has 0 radical (unpaired) electrons. The first-order chi connectivity index (χ1) is 13.9. The zero-order valence-electron chi connectivity index (χ0n) is 16.7. The number of methoxy groups -OCH3 is 1. The molecule has 3 aromatic rings. The van der Waals surface area contributed by atoms with Gasteiger partial charge in [0.05, 0.1) is 6.61 Å². The number of benzene rings is 2. The number of hydrogen-bond donors (Lipinski definition) is 2. The predicted molar refractivity (Wildman–Crippen MR) is 111 cm³/mol. The zero-order valence-corrected chi connectivity index (χ0v) is 16.7. The Bertz CT molecular complexity index is 1040. The molecule has 29 heavy (non-hydrogen) atoms. The number of ether oxygens (including phenoxy) is 2. The average Bonchev–Trinajstić information content (AvgIpc) is 2.95. The number of carboxylic acid groups (broad SMARTS) is 1. The number of nitrogens with one attached hydrogen (secondary N) is 1. The third-order valence-electron chi connectivity index (χ3n) is 4.89. The van der Waals surface area contributed by atoms with Crippen LogP contribution in [0.4, 0.5) is 5.69 Å². The summed E-state index contributed by atoms with van der Waals surface area (Å²) in [6.45, 7) is 5.10. The molecule has 0 bridgehead atoms. The predicted octanol–water partition coefficient (Wildman–Crippen LogP) is 3.62. The maximum atomic E-state index is 12.7. The van der Waals surface area contributed by atoms with Crippen molar-refractivity contribution in [2.75, 3.05) is 25.6 Å². The van der Waals surface area contributed by atoms with Crippen molar-refractivity contribution in [2.24, 2.45) is 0 Å². The van der Waals surface area contributed by atoms with E-state index in [-0.39, 0.29) is 5.91 Å². The molecule has 0 spiro atoms. The summed E-state index contributed by atoms with van der Waals surface area (Å²) in [4.78, 5) is 23.2.